The summed E-state index contributed by atoms with van der Waals surface area (Å²) < 4.78 is 1.19. The van der Waals surface area contributed by atoms with Crippen molar-refractivity contribution in [1.29, 1.82) is 0 Å². The molecule has 3 nitrogen and oxygen atoms in total. The Morgan fingerprint density at radius 3 is 3.00 bits per heavy atom. The molecule has 1 aromatic carbocycles. The molecular formula is C18H16BrN3. The predicted octanol–water partition coefficient (Wildman–Crippen LogP) is 3.95. The molecule has 4 heteroatoms. The Balaban J connectivity index is 1.56. The van der Waals surface area contributed by atoms with Crippen LogP contribution in [0.3, 0.4) is 0 Å². The summed E-state index contributed by atoms with van der Waals surface area (Å²) in [6, 6.07) is 12.7. The molecule has 2 aromatic heterocycles. The Hall–Kier alpha value is -1.78. The summed E-state index contributed by atoms with van der Waals surface area (Å²) in [6.07, 6.45) is 4.78. The molecule has 3 heterocycles. The van der Waals surface area contributed by atoms with Crippen molar-refractivity contribution in [2.75, 3.05) is 6.54 Å². The SMILES string of the molecule is Brc1ccnc2c1CCN(Cc1ccc3ncccc3c1)C2. The van der Waals surface area contributed by atoms with Gasteiger partial charge in [-0.3, -0.25) is 14.9 Å². The minimum absolute atomic E-state index is 0.917. The molecule has 4 rings (SSSR count). The van der Waals surface area contributed by atoms with Gasteiger partial charge in [0.15, 0.2) is 0 Å². The Morgan fingerprint density at radius 1 is 1.09 bits per heavy atom. The van der Waals surface area contributed by atoms with Crippen LogP contribution in [0.4, 0.5) is 0 Å². The molecule has 3 aromatic rings. The van der Waals surface area contributed by atoms with Crippen molar-refractivity contribution in [3.05, 3.63) is 70.1 Å². The highest BCUT2D eigenvalue weighted by atomic mass is 79.9. The topological polar surface area (TPSA) is 29.0 Å². The summed E-state index contributed by atoms with van der Waals surface area (Å²) in [4.78, 5) is 11.4. The molecule has 0 saturated heterocycles. The fourth-order valence-electron chi connectivity index (χ4n) is 3.09. The lowest BCUT2D eigenvalue weighted by Crippen LogP contribution is -2.30. The van der Waals surface area contributed by atoms with Crippen LogP contribution < -0.4 is 0 Å². The molecule has 1 aliphatic rings. The van der Waals surface area contributed by atoms with Crippen molar-refractivity contribution in [3.63, 3.8) is 0 Å². The van der Waals surface area contributed by atoms with Crippen LogP contribution in [-0.2, 0) is 19.5 Å². The second kappa shape index (κ2) is 5.78. The van der Waals surface area contributed by atoms with E-state index in [0.717, 1.165) is 31.6 Å². The molecule has 0 atom stereocenters. The van der Waals surface area contributed by atoms with Gasteiger partial charge < -0.3 is 0 Å². The molecule has 0 saturated carbocycles. The summed E-state index contributed by atoms with van der Waals surface area (Å²) in [5.41, 5.74) is 4.95. The molecular weight excluding hydrogens is 338 g/mol. The molecule has 1 aliphatic heterocycles. The van der Waals surface area contributed by atoms with E-state index in [1.165, 1.54) is 26.7 Å². The number of pyridine rings is 2. The Morgan fingerprint density at radius 2 is 2.05 bits per heavy atom. The van der Waals surface area contributed by atoms with Crippen LogP contribution in [0.15, 0.2) is 53.3 Å². The summed E-state index contributed by atoms with van der Waals surface area (Å²) in [5, 5.41) is 1.21. The number of halogens is 1. The minimum atomic E-state index is 0.917. The highest BCUT2D eigenvalue weighted by molar-refractivity contribution is 9.10. The largest absolute Gasteiger partial charge is 0.293 e. The second-order valence-corrected chi connectivity index (χ2v) is 6.56. The lowest BCUT2D eigenvalue weighted by Gasteiger charge is -2.28. The van der Waals surface area contributed by atoms with E-state index in [9.17, 15) is 0 Å². The first kappa shape index (κ1) is 13.9. The second-order valence-electron chi connectivity index (χ2n) is 5.71. The van der Waals surface area contributed by atoms with Gasteiger partial charge in [-0.2, -0.15) is 0 Å². The normalized spacial score (nSPS) is 15.0. The van der Waals surface area contributed by atoms with Gasteiger partial charge in [0.05, 0.1) is 11.2 Å². The number of hydrogen-bond donors (Lipinski definition) is 0. The average Bonchev–Trinajstić information content (AvgIpc) is 2.55. The van der Waals surface area contributed by atoms with Crippen molar-refractivity contribution in [3.8, 4) is 0 Å². The maximum absolute atomic E-state index is 4.54. The van der Waals surface area contributed by atoms with E-state index < -0.39 is 0 Å². The molecule has 0 bridgehead atoms. The summed E-state index contributed by atoms with van der Waals surface area (Å²) in [7, 11) is 0. The van der Waals surface area contributed by atoms with Gasteiger partial charge in [-0.15, -0.1) is 0 Å². The Labute approximate surface area is 138 Å². The van der Waals surface area contributed by atoms with Gasteiger partial charge in [0.25, 0.3) is 0 Å². The van der Waals surface area contributed by atoms with Gasteiger partial charge in [-0.1, -0.05) is 28.1 Å². The first-order valence-electron chi connectivity index (χ1n) is 7.48. The van der Waals surface area contributed by atoms with Crippen LogP contribution in [-0.4, -0.2) is 21.4 Å². The van der Waals surface area contributed by atoms with E-state index in [-0.39, 0.29) is 0 Å². The zero-order valence-electron chi connectivity index (χ0n) is 12.2. The number of hydrogen-bond acceptors (Lipinski definition) is 3. The maximum Gasteiger partial charge on any atom is 0.0702 e. The van der Waals surface area contributed by atoms with E-state index in [4.69, 9.17) is 0 Å². The molecule has 0 spiro atoms. The molecule has 0 radical (unpaired) electrons. The fraction of sp³-hybridized carbons (Fsp3) is 0.222. The standard InChI is InChI=1S/C18H16BrN3/c19-16-5-8-21-18-12-22(9-6-15(16)18)11-13-3-4-17-14(10-13)2-1-7-20-17/h1-5,7-8,10H,6,9,11-12H2. The van der Waals surface area contributed by atoms with Crippen molar-refractivity contribution in [2.45, 2.75) is 19.5 Å². The summed E-state index contributed by atoms with van der Waals surface area (Å²) in [6.45, 7) is 2.95. The molecule has 0 amide bonds. The van der Waals surface area contributed by atoms with Gasteiger partial charge in [0.2, 0.25) is 0 Å². The van der Waals surface area contributed by atoms with E-state index >= 15 is 0 Å². The quantitative estimate of drug-likeness (QED) is 0.698. The Kier molecular flexibility index (Phi) is 3.64. The van der Waals surface area contributed by atoms with Crippen LogP contribution in [0, 0.1) is 0 Å². The lowest BCUT2D eigenvalue weighted by atomic mass is 10.0. The van der Waals surface area contributed by atoms with Crippen LogP contribution in [0.1, 0.15) is 16.8 Å². The number of nitrogens with zero attached hydrogens (tertiary/aromatic N) is 3. The zero-order valence-corrected chi connectivity index (χ0v) is 13.8. The van der Waals surface area contributed by atoms with Gasteiger partial charge in [-0.25, -0.2) is 0 Å². The number of aromatic nitrogens is 2. The van der Waals surface area contributed by atoms with E-state index in [2.05, 4.69) is 55.1 Å². The molecule has 0 fully saturated rings. The fourth-order valence-corrected chi connectivity index (χ4v) is 3.63. The zero-order chi connectivity index (χ0) is 14.9. The number of fused-ring (bicyclic) bond motifs is 2. The van der Waals surface area contributed by atoms with E-state index in [1.807, 2.05) is 24.5 Å². The monoisotopic (exact) mass is 353 g/mol. The van der Waals surface area contributed by atoms with Crippen molar-refractivity contribution in [2.24, 2.45) is 0 Å². The van der Waals surface area contributed by atoms with Crippen molar-refractivity contribution in [1.82, 2.24) is 14.9 Å². The average molecular weight is 354 g/mol. The first-order valence-corrected chi connectivity index (χ1v) is 8.27. The molecule has 0 unspecified atom stereocenters. The minimum Gasteiger partial charge on any atom is -0.293 e. The molecule has 110 valence electrons. The molecule has 0 aliphatic carbocycles. The Bertz CT molecular complexity index is 831. The van der Waals surface area contributed by atoms with Crippen LogP contribution in [0.2, 0.25) is 0 Å². The third kappa shape index (κ3) is 2.64. The third-order valence-corrected chi connectivity index (χ3v) is 4.96. The van der Waals surface area contributed by atoms with Gasteiger partial charge in [0, 0.05) is 41.9 Å². The highest BCUT2D eigenvalue weighted by Gasteiger charge is 2.19. The number of benzene rings is 1. The van der Waals surface area contributed by atoms with Gasteiger partial charge in [-0.05, 0) is 41.8 Å². The third-order valence-electron chi connectivity index (χ3n) is 4.21. The number of rotatable bonds is 2. The van der Waals surface area contributed by atoms with E-state index in [1.54, 1.807) is 0 Å². The summed E-state index contributed by atoms with van der Waals surface area (Å²) in [5.74, 6) is 0. The van der Waals surface area contributed by atoms with Gasteiger partial charge >= 0.3 is 0 Å². The molecule has 0 N–H and O–H groups in total. The smallest absolute Gasteiger partial charge is 0.0702 e. The lowest BCUT2D eigenvalue weighted by molar-refractivity contribution is 0.241. The van der Waals surface area contributed by atoms with Crippen LogP contribution in [0.25, 0.3) is 10.9 Å². The van der Waals surface area contributed by atoms with Crippen LogP contribution >= 0.6 is 15.9 Å². The first-order chi connectivity index (χ1) is 10.8. The van der Waals surface area contributed by atoms with Crippen molar-refractivity contribution >= 4 is 26.8 Å². The predicted molar refractivity (Wildman–Crippen MR) is 91.5 cm³/mol. The maximum atomic E-state index is 4.54. The van der Waals surface area contributed by atoms with Gasteiger partial charge in [0.1, 0.15) is 0 Å². The van der Waals surface area contributed by atoms with Crippen LogP contribution in [0.5, 0.6) is 0 Å². The highest BCUT2D eigenvalue weighted by Crippen LogP contribution is 2.25. The summed E-state index contributed by atoms with van der Waals surface area (Å²) >= 11 is 3.63. The molecule has 22 heavy (non-hydrogen) atoms. The van der Waals surface area contributed by atoms with Crippen molar-refractivity contribution < 1.29 is 0 Å². The van der Waals surface area contributed by atoms with E-state index in [0.29, 0.717) is 0 Å².